The fourth-order valence-electron chi connectivity index (χ4n) is 1.36. The minimum Gasteiger partial charge on any atom is -0.306 e. The lowest BCUT2D eigenvalue weighted by atomic mass is 10.5. The lowest BCUT2D eigenvalue weighted by Gasteiger charge is -2.03. The van der Waals surface area contributed by atoms with Crippen molar-refractivity contribution in [1.29, 1.82) is 0 Å². The van der Waals surface area contributed by atoms with E-state index in [4.69, 9.17) is 12.2 Å². The Labute approximate surface area is 82.8 Å². The van der Waals surface area contributed by atoms with Gasteiger partial charge in [-0.05, 0) is 12.2 Å². The van der Waals surface area contributed by atoms with Gasteiger partial charge in [0.1, 0.15) is 5.65 Å². The van der Waals surface area contributed by atoms with Crippen molar-refractivity contribution in [3.63, 3.8) is 0 Å². The molecule has 0 unspecified atom stereocenters. The number of aromatic amines is 2. The third-order valence-electron chi connectivity index (χ3n) is 2.14. The molecule has 0 aliphatic rings. The van der Waals surface area contributed by atoms with E-state index < -0.39 is 5.69 Å². The summed E-state index contributed by atoms with van der Waals surface area (Å²) in [4.78, 5) is 27.5. The van der Waals surface area contributed by atoms with Crippen molar-refractivity contribution in [2.24, 2.45) is 14.1 Å². The number of rotatable bonds is 0. The summed E-state index contributed by atoms with van der Waals surface area (Å²) in [6.07, 6.45) is 0. The summed E-state index contributed by atoms with van der Waals surface area (Å²) in [6, 6.07) is 0. The molecule has 0 saturated carbocycles. The van der Waals surface area contributed by atoms with E-state index in [1.165, 1.54) is 4.57 Å². The fourth-order valence-corrected chi connectivity index (χ4v) is 1.53. The highest BCUT2D eigenvalue weighted by Gasteiger charge is 2.08. The molecule has 2 aromatic rings. The molecule has 0 spiro atoms. The Kier molecular flexibility index (Phi) is 1.71. The molecule has 0 atom stereocenters. The molecule has 0 bridgehead atoms. The second-order valence-corrected chi connectivity index (χ2v) is 3.37. The largest absolute Gasteiger partial charge is 0.325 e. The first-order valence-electron chi connectivity index (χ1n) is 3.90. The van der Waals surface area contributed by atoms with E-state index in [0.29, 0.717) is 10.4 Å². The summed E-state index contributed by atoms with van der Waals surface area (Å²) >= 11 is 5.01. The van der Waals surface area contributed by atoms with Crippen LogP contribution in [-0.4, -0.2) is 19.1 Å². The van der Waals surface area contributed by atoms with Crippen LogP contribution in [0.3, 0.4) is 0 Å². The first kappa shape index (κ1) is 8.95. The van der Waals surface area contributed by atoms with Crippen LogP contribution in [0.15, 0.2) is 9.59 Å². The van der Waals surface area contributed by atoms with E-state index in [1.807, 2.05) is 0 Å². The monoisotopic (exact) mass is 212 g/mol. The Balaban J connectivity index is 3.26. The Morgan fingerprint density at radius 3 is 2.43 bits per heavy atom. The van der Waals surface area contributed by atoms with Gasteiger partial charge >= 0.3 is 5.69 Å². The molecule has 7 heteroatoms. The van der Waals surface area contributed by atoms with Crippen molar-refractivity contribution in [3.8, 4) is 0 Å². The van der Waals surface area contributed by atoms with Gasteiger partial charge in [0.15, 0.2) is 10.3 Å². The number of aromatic nitrogens is 4. The summed E-state index contributed by atoms with van der Waals surface area (Å²) in [7, 11) is 3.25. The molecular weight excluding hydrogens is 204 g/mol. The van der Waals surface area contributed by atoms with Crippen molar-refractivity contribution in [3.05, 3.63) is 25.6 Å². The highest BCUT2D eigenvalue weighted by atomic mass is 32.1. The first-order valence-corrected chi connectivity index (χ1v) is 4.31. The number of imidazole rings is 1. The highest BCUT2D eigenvalue weighted by molar-refractivity contribution is 7.71. The van der Waals surface area contributed by atoms with Crippen LogP contribution in [0.4, 0.5) is 0 Å². The zero-order chi connectivity index (χ0) is 10.5. The topological polar surface area (TPSA) is 75.6 Å². The molecule has 2 heterocycles. The smallest absolute Gasteiger partial charge is 0.306 e. The standard InChI is InChI=1S/C7H8N4O2S/c1-10-4-3(8-6(13)9-4)5(12)11(2)7(10)14/h1-2H3,(H2,8,9,13). The van der Waals surface area contributed by atoms with Gasteiger partial charge in [-0.15, -0.1) is 0 Å². The van der Waals surface area contributed by atoms with Crippen LogP contribution in [0.25, 0.3) is 11.2 Å². The molecule has 2 aromatic heterocycles. The second-order valence-electron chi connectivity index (χ2n) is 3.01. The van der Waals surface area contributed by atoms with E-state index in [1.54, 1.807) is 18.7 Å². The molecule has 0 amide bonds. The maximum atomic E-state index is 11.6. The summed E-state index contributed by atoms with van der Waals surface area (Å²) in [5.41, 5.74) is -0.0496. The maximum absolute atomic E-state index is 11.6. The first-order chi connectivity index (χ1) is 6.52. The second kappa shape index (κ2) is 2.68. The number of hydrogen-bond acceptors (Lipinski definition) is 3. The molecule has 0 fully saturated rings. The Morgan fingerprint density at radius 1 is 1.14 bits per heavy atom. The van der Waals surface area contributed by atoms with Crippen LogP contribution in [-0.2, 0) is 14.1 Å². The van der Waals surface area contributed by atoms with Gasteiger partial charge in [-0.2, -0.15) is 0 Å². The minimum atomic E-state index is -0.409. The quantitative estimate of drug-likeness (QED) is 0.585. The number of hydrogen-bond donors (Lipinski definition) is 2. The number of nitrogens with one attached hydrogen (secondary N) is 2. The summed E-state index contributed by atoms with van der Waals surface area (Å²) in [5.74, 6) is 0. The van der Waals surface area contributed by atoms with Gasteiger partial charge in [0.05, 0.1) is 0 Å². The van der Waals surface area contributed by atoms with Gasteiger partial charge in [0.25, 0.3) is 5.56 Å². The van der Waals surface area contributed by atoms with E-state index in [9.17, 15) is 9.59 Å². The Morgan fingerprint density at radius 2 is 1.79 bits per heavy atom. The van der Waals surface area contributed by atoms with Crippen LogP contribution in [0.1, 0.15) is 0 Å². The summed E-state index contributed by atoms with van der Waals surface area (Å²) < 4.78 is 3.24. The number of fused-ring (bicyclic) bond motifs is 1. The molecule has 2 N–H and O–H groups in total. The fraction of sp³-hybridized carbons (Fsp3) is 0.286. The van der Waals surface area contributed by atoms with Crippen LogP contribution >= 0.6 is 12.2 Å². The predicted octanol–water partition coefficient (Wildman–Crippen LogP) is -0.377. The van der Waals surface area contributed by atoms with Gasteiger partial charge in [-0.1, -0.05) is 0 Å². The van der Waals surface area contributed by atoms with Gasteiger partial charge < -0.3 is 4.57 Å². The third-order valence-corrected chi connectivity index (χ3v) is 2.68. The van der Waals surface area contributed by atoms with E-state index >= 15 is 0 Å². The van der Waals surface area contributed by atoms with Crippen LogP contribution in [0, 0.1) is 4.77 Å². The van der Waals surface area contributed by atoms with Crippen LogP contribution in [0.5, 0.6) is 0 Å². The van der Waals surface area contributed by atoms with E-state index in [0.717, 1.165) is 0 Å². The highest BCUT2D eigenvalue weighted by Crippen LogP contribution is 2.00. The van der Waals surface area contributed by atoms with E-state index in [-0.39, 0.29) is 11.1 Å². The lowest BCUT2D eigenvalue weighted by Crippen LogP contribution is -2.21. The number of aryl methyl sites for hydroxylation is 1. The maximum Gasteiger partial charge on any atom is 0.325 e. The molecule has 0 radical (unpaired) electrons. The van der Waals surface area contributed by atoms with Gasteiger partial charge in [0.2, 0.25) is 0 Å². The van der Waals surface area contributed by atoms with Crippen molar-refractivity contribution in [2.75, 3.05) is 0 Å². The molecule has 6 nitrogen and oxygen atoms in total. The average Bonchev–Trinajstić information content (AvgIpc) is 2.54. The molecule has 74 valence electrons. The van der Waals surface area contributed by atoms with E-state index in [2.05, 4.69) is 9.97 Å². The zero-order valence-electron chi connectivity index (χ0n) is 7.62. The molecular formula is C7H8N4O2S. The molecule has 0 aliphatic carbocycles. The molecule has 2 rings (SSSR count). The number of H-pyrrole nitrogens is 2. The molecule has 14 heavy (non-hydrogen) atoms. The predicted molar refractivity (Wildman–Crippen MR) is 54.0 cm³/mol. The zero-order valence-corrected chi connectivity index (χ0v) is 8.44. The lowest BCUT2D eigenvalue weighted by molar-refractivity contribution is 0.741. The summed E-state index contributed by atoms with van der Waals surface area (Å²) in [6.45, 7) is 0. The molecule has 0 saturated heterocycles. The van der Waals surface area contributed by atoms with Crippen molar-refractivity contribution in [1.82, 2.24) is 19.1 Å². The van der Waals surface area contributed by atoms with Gasteiger partial charge in [-0.25, -0.2) is 4.79 Å². The van der Waals surface area contributed by atoms with Crippen LogP contribution < -0.4 is 11.2 Å². The van der Waals surface area contributed by atoms with Gasteiger partial charge in [0, 0.05) is 14.1 Å². The van der Waals surface area contributed by atoms with Gasteiger partial charge in [-0.3, -0.25) is 19.3 Å². The molecule has 0 aliphatic heterocycles. The van der Waals surface area contributed by atoms with Crippen molar-refractivity contribution < 1.29 is 0 Å². The van der Waals surface area contributed by atoms with Crippen LogP contribution in [0.2, 0.25) is 0 Å². The SMILES string of the molecule is Cn1c(=O)c2[nH]c(=O)[nH]c2n(C)c1=S. The van der Waals surface area contributed by atoms with Crippen molar-refractivity contribution >= 4 is 23.4 Å². The third kappa shape index (κ3) is 0.987. The Bertz CT molecular complexity index is 672. The number of nitrogens with zero attached hydrogens (tertiary/aromatic N) is 2. The molecule has 0 aromatic carbocycles. The normalized spacial score (nSPS) is 11.0. The Hall–Kier alpha value is -1.63. The average molecular weight is 212 g/mol. The van der Waals surface area contributed by atoms with Crippen molar-refractivity contribution in [2.45, 2.75) is 0 Å². The summed E-state index contributed by atoms with van der Waals surface area (Å²) in [5, 5.41) is 0. The minimum absolute atomic E-state index is 0.244.